The van der Waals surface area contributed by atoms with Gasteiger partial charge in [-0.2, -0.15) is 0 Å². The van der Waals surface area contributed by atoms with Crippen LogP contribution in [-0.2, 0) is 23.1 Å². The van der Waals surface area contributed by atoms with E-state index < -0.39 is 5.97 Å². The van der Waals surface area contributed by atoms with Crippen molar-refractivity contribution in [2.45, 2.75) is 25.3 Å². The van der Waals surface area contributed by atoms with Crippen LogP contribution in [0.1, 0.15) is 30.4 Å². The molecule has 0 radical (unpaired) electrons. The van der Waals surface area contributed by atoms with Crippen molar-refractivity contribution >= 4 is 5.97 Å². The summed E-state index contributed by atoms with van der Waals surface area (Å²) < 4.78 is 7.46. The van der Waals surface area contributed by atoms with Crippen LogP contribution in [0.3, 0.4) is 0 Å². The van der Waals surface area contributed by atoms with Gasteiger partial charge in [-0.05, 0) is 19.4 Å². The number of ether oxygens (including phenoxy) is 1. The molecule has 0 aromatic carbocycles. The van der Waals surface area contributed by atoms with Crippen LogP contribution in [0.25, 0.3) is 0 Å². The molecule has 2 saturated heterocycles. The second-order valence-electron chi connectivity index (χ2n) is 6.39. The largest absolute Gasteiger partial charge is 0.480 e. The lowest BCUT2D eigenvalue weighted by Crippen LogP contribution is -2.38. The Morgan fingerprint density at radius 3 is 2.78 bits per heavy atom. The van der Waals surface area contributed by atoms with Gasteiger partial charge in [0.1, 0.15) is 11.6 Å². The normalized spacial score (nSPS) is 24.0. The van der Waals surface area contributed by atoms with Crippen molar-refractivity contribution in [2.75, 3.05) is 45.9 Å². The average molecular weight is 323 g/mol. The van der Waals surface area contributed by atoms with Gasteiger partial charge in [0, 0.05) is 32.6 Å². The SMILES string of the molecule is Cn1c(CN2CCOCC2)nnc1[C@H]1CCCN(CC(=O)O)C1. The van der Waals surface area contributed by atoms with Gasteiger partial charge in [-0.1, -0.05) is 0 Å². The Kier molecular flexibility index (Phi) is 5.24. The standard InChI is InChI=1S/C15H25N5O3/c1-18-13(10-19-5-7-23-8-6-19)16-17-15(18)12-3-2-4-20(9-12)11-14(21)22/h12H,2-11H2,1H3,(H,21,22)/t12-/m0/s1. The van der Waals surface area contributed by atoms with E-state index in [4.69, 9.17) is 9.84 Å². The number of carboxylic acid groups (broad SMARTS) is 1. The van der Waals surface area contributed by atoms with E-state index in [0.29, 0.717) is 0 Å². The maximum atomic E-state index is 10.9. The molecule has 3 heterocycles. The van der Waals surface area contributed by atoms with Crippen LogP contribution in [-0.4, -0.2) is 81.6 Å². The number of piperidine rings is 1. The molecule has 1 atom stereocenters. The van der Waals surface area contributed by atoms with Gasteiger partial charge in [0.25, 0.3) is 0 Å². The van der Waals surface area contributed by atoms with E-state index in [9.17, 15) is 4.79 Å². The first-order chi connectivity index (χ1) is 11.1. The summed E-state index contributed by atoms with van der Waals surface area (Å²) in [7, 11) is 2.02. The summed E-state index contributed by atoms with van der Waals surface area (Å²) in [5.74, 6) is 1.44. The van der Waals surface area contributed by atoms with Gasteiger partial charge in [-0.15, -0.1) is 10.2 Å². The predicted octanol–water partition coefficient (Wildman–Crippen LogP) is -0.0887. The molecule has 8 heteroatoms. The van der Waals surface area contributed by atoms with E-state index in [1.807, 2.05) is 11.9 Å². The van der Waals surface area contributed by atoms with Gasteiger partial charge in [0.2, 0.25) is 0 Å². The number of morpholine rings is 1. The zero-order chi connectivity index (χ0) is 16.2. The summed E-state index contributed by atoms with van der Waals surface area (Å²) in [6, 6.07) is 0. The van der Waals surface area contributed by atoms with Crippen LogP contribution in [0.4, 0.5) is 0 Å². The van der Waals surface area contributed by atoms with Crippen molar-refractivity contribution in [3.8, 4) is 0 Å². The fourth-order valence-corrected chi connectivity index (χ4v) is 3.43. The highest BCUT2D eigenvalue weighted by Crippen LogP contribution is 2.25. The molecule has 8 nitrogen and oxygen atoms in total. The van der Waals surface area contributed by atoms with Crippen LogP contribution in [0, 0.1) is 0 Å². The third-order valence-electron chi connectivity index (χ3n) is 4.70. The lowest BCUT2D eigenvalue weighted by atomic mass is 9.97. The van der Waals surface area contributed by atoms with Gasteiger partial charge >= 0.3 is 5.97 Å². The van der Waals surface area contributed by atoms with Crippen molar-refractivity contribution in [1.29, 1.82) is 0 Å². The smallest absolute Gasteiger partial charge is 0.317 e. The molecule has 1 aromatic heterocycles. The number of hydrogen-bond donors (Lipinski definition) is 1. The van der Waals surface area contributed by atoms with Gasteiger partial charge in [-0.25, -0.2) is 0 Å². The predicted molar refractivity (Wildman–Crippen MR) is 83.1 cm³/mol. The van der Waals surface area contributed by atoms with E-state index in [2.05, 4.69) is 19.7 Å². The quantitative estimate of drug-likeness (QED) is 0.811. The second-order valence-corrected chi connectivity index (χ2v) is 6.39. The molecule has 128 valence electrons. The van der Waals surface area contributed by atoms with Crippen molar-refractivity contribution in [1.82, 2.24) is 24.6 Å². The van der Waals surface area contributed by atoms with Crippen LogP contribution in [0.2, 0.25) is 0 Å². The number of rotatable bonds is 5. The summed E-state index contributed by atoms with van der Waals surface area (Å²) in [5.41, 5.74) is 0. The first-order valence-electron chi connectivity index (χ1n) is 8.26. The van der Waals surface area contributed by atoms with Crippen LogP contribution < -0.4 is 0 Å². The lowest BCUT2D eigenvalue weighted by molar-refractivity contribution is -0.138. The fraction of sp³-hybridized carbons (Fsp3) is 0.800. The average Bonchev–Trinajstić information content (AvgIpc) is 2.89. The number of carbonyl (C=O) groups is 1. The Bertz CT molecular complexity index is 541. The summed E-state index contributed by atoms with van der Waals surface area (Å²) in [6.45, 7) is 5.90. The number of carboxylic acids is 1. The minimum absolute atomic E-state index is 0.106. The molecule has 2 fully saturated rings. The number of likely N-dealkylation sites (tertiary alicyclic amines) is 1. The van der Waals surface area contributed by atoms with Crippen molar-refractivity contribution in [2.24, 2.45) is 7.05 Å². The molecule has 2 aliphatic heterocycles. The molecule has 1 aromatic rings. The number of aliphatic carboxylic acids is 1. The highest BCUT2D eigenvalue weighted by molar-refractivity contribution is 5.69. The molecule has 0 saturated carbocycles. The minimum Gasteiger partial charge on any atom is -0.480 e. The fourth-order valence-electron chi connectivity index (χ4n) is 3.43. The molecule has 1 N–H and O–H groups in total. The molecule has 0 unspecified atom stereocenters. The molecule has 3 rings (SSSR count). The summed E-state index contributed by atoms with van der Waals surface area (Å²) in [4.78, 5) is 15.2. The van der Waals surface area contributed by atoms with Crippen LogP contribution >= 0.6 is 0 Å². The summed E-state index contributed by atoms with van der Waals surface area (Å²) in [6.07, 6.45) is 2.04. The van der Waals surface area contributed by atoms with E-state index in [-0.39, 0.29) is 12.5 Å². The summed E-state index contributed by atoms with van der Waals surface area (Å²) >= 11 is 0. The third-order valence-corrected chi connectivity index (χ3v) is 4.70. The van der Waals surface area contributed by atoms with Crippen LogP contribution in [0.5, 0.6) is 0 Å². The zero-order valence-corrected chi connectivity index (χ0v) is 13.6. The van der Waals surface area contributed by atoms with E-state index >= 15 is 0 Å². The van der Waals surface area contributed by atoms with E-state index in [1.165, 1.54) is 0 Å². The zero-order valence-electron chi connectivity index (χ0n) is 13.6. The van der Waals surface area contributed by atoms with Crippen molar-refractivity contribution < 1.29 is 14.6 Å². The maximum absolute atomic E-state index is 10.9. The van der Waals surface area contributed by atoms with Gasteiger partial charge < -0.3 is 14.4 Å². The Labute approximate surface area is 136 Å². The molecular weight excluding hydrogens is 298 g/mol. The highest BCUT2D eigenvalue weighted by Gasteiger charge is 2.27. The van der Waals surface area contributed by atoms with Gasteiger partial charge in [-0.3, -0.25) is 14.6 Å². The molecule has 0 aliphatic carbocycles. The van der Waals surface area contributed by atoms with E-state index in [1.54, 1.807) is 0 Å². The monoisotopic (exact) mass is 323 g/mol. The minimum atomic E-state index is -0.767. The van der Waals surface area contributed by atoms with Crippen molar-refractivity contribution in [3.05, 3.63) is 11.6 Å². The third kappa shape index (κ3) is 4.07. The van der Waals surface area contributed by atoms with Crippen molar-refractivity contribution in [3.63, 3.8) is 0 Å². The molecule has 0 bridgehead atoms. The Hall–Kier alpha value is -1.51. The summed E-state index contributed by atoms with van der Waals surface area (Å²) in [5, 5.41) is 17.7. The molecular formula is C15H25N5O3. The topological polar surface area (TPSA) is 83.7 Å². The second kappa shape index (κ2) is 7.37. The number of hydrogen-bond acceptors (Lipinski definition) is 6. The molecule has 23 heavy (non-hydrogen) atoms. The number of nitrogens with zero attached hydrogens (tertiary/aromatic N) is 5. The van der Waals surface area contributed by atoms with Gasteiger partial charge in [0.05, 0.1) is 26.3 Å². The highest BCUT2D eigenvalue weighted by atomic mass is 16.5. The maximum Gasteiger partial charge on any atom is 0.317 e. The molecule has 0 spiro atoms. The molecule has 2 aliphatic rings. The number of aromatic nitrogens is 3. The molecule has 0 amide bonds. The van der Waals surface area contributed by atoms with E-state index in [0.717, 1.165) is 70.4 Å². The Morgan fingerprint density at radius 2 is 2.04 bits per heavy atom. The Morgan fingerprint density at radius 1 is 1.26 bits per heavy atom. The van der Waals surface area contributed by atoms with Gasteiger partial charge in [0.15, 0.2) is 0 Å². The first-order valence-corrected chi connectivity index (χ1v) is 8.26. The van der Waals surface area contributed by atoms with Crippen LogP contribution in [0.15, 0.2) is 0 Å². The Balaban J connectivity index is 1.64. The first kappa shape index (κ1) is 16.4. The lowest BCUT2D eigenvalue weighted by Gasteiger charge is -2.31.